The maximum atomic E-state index is 13.4. The SMILES string of the molecule is COc1ccc(-c2nc3cc(F)ccc3s2)cc1OCCCN1CCOCC1. The molecule has 1 aliphatic heterocycles. The van der Waals surface area contributed by atoms with Crippen LogP contribution in [-0.2, 0) is 4.74 Å². The van der Waals surface area contributed by atoms with E-state index in [4.69, 9.17) is 14.2 Å². The van der Waals surface area contributed by atoms with E-state index in [0.717, 1.165) is 54.5 Å². The summed E-state index contributed by atoms with van der Waals surface area (Å²) in [5.74, 6) is 1.12. The van der Waals surface area contributed by atoms with E-state index in [2.05, 4.69) is 9.88 Å². The number of hydrogen-bond acceptors (Lipinski definition) is 6. The van der Waals surface area contributed by atoms with Gasteiger partial charge in [0.1, 0.15) is 10.8 Å². The topological polar surface area (TPSA) is 43.8 Å². The fraction of sp³-hybridized carbons (Fsp3) is 0.381. The zero-order valence-electron chi connectivity index (χ0n) is 15.8. The van der Waals surface area contributed by atoms with Gasteiger partial charge >= 0.3 is 0 Å². The van der Waals surface area contributed by atoms with Crippen LogP contribution in [-0.4, -0.2) is 56.4 Å². The molecule has 148 valence electrons. The molecule has 3 aromatic rings. The van der Waals surface area contributed by atoms with Crippen LogP contribution in [0.1, 0.15) is 6.42 Å². The molecule has 28 heavy (non-hydrogen) atoms. The van der Waals surface area contributed by atoms with E-state index in [-0.39, 0.29) is 5.82 Å². The number of halogens is 1. The summed E-state index contributed by atoms with van der Waals surface area (Å²) < 4.78 is 31.2. The third-order valence-electron chi connectivity index (χ3n) is 4.74. The Morgan fingerprint density at radius 1 is 1.14 bits per heavy atom. The van der Waals surface area contributed by atoms with Crippen LogP contribution in [0.3, 0.4) is 0 Å². The van der Waals surface area contributed by atoms with Crippen molar-refractivity contribution in [3.8, 4) is 22.1 Å². The Balaban J connectivity index is 1.45. The first-order valence-electron chi connectivity index (χ1n) is 9.40. The molecule has 0 saturated carbocycles. The number of methoxy groups -OCH3 is 1. The highest BCUT2D eigenvalue weighted by Crippen LogP contribution is 2.36. The van der Waals surface area contributed by atoms with Gasteiger partial charge in [-0.05, 0) is 36.8 Å². The van der Waals surface area contributed by atoms with E-state index in [1.165, 1.54) is 23.5 Å². The van der Waals surface area contributed by atoms with Crippen LogP contribution in [0.5, 0.6) is 11.5 Å². The van der Waals surface area contributed by atoms with Crippen LogP contribution in [0.25, 0.3) is 20.8 Å². The summed E-state index contributed by atoms with van der Waals surface area (Å²) in [4.78, 5) is 6.95. The molecular weight excluding hydrogens is 379 g/mol. The highest BCUT2D eigenvalue weighted by molar-refractivity contribution is 7.21. The molecule has 1 aromatic heterocycles. The lowest BCUT2D eigenvalue weighted by atomic mass is 10.2. The van der Waals surface area contributed by atoms with Crippen molar-refractivity contribution >= 4 is 21.6 Å². The minimum absolute atomic E-state index is 0.275. The quantitative estimate of drug-likeness (QED) is 0.554. The Kier molecular flexibility index (Phi) is 6.04. The fourth-order valence-corrected chi connectivity index (χ4v) is 4.18. The number of hydrogen-bond donors (Lipinski definition) is 0. The minimum Gasteiger partial charge on any atom is -0.493 e. The van der Waals surface area contributed by atoms with Crippen molar-refractivity contribution in [3.05, 3.63) is 42.2 Å². The summed E-state index contributed by atoms with van der Waals surface area (Å²) in [5, 5.41) is 0.835. The Bertz CT molecular complexity index is 941. The summed E-state index contributed by atoms with van der Waals surface area (Å²) in [6.45, 7) is 5.19. The van der Waals surface area contributed by atoms with Crippen LogP contribution in [0.2, 0.25) is 0 Å². The van der Waals surface area contributed by atoms with Gasteiger partial charge in [-0.2, -0.15) is 0 Å². The standard InChI is InChI=1S/C21H23FN2O3S/c1-25-18-5-3-15(21-23-17-14-16(22)4-6-20(17)28-21)13-19(18)27-10-2-7-24-8-11-26-12-9-24/h3-6,13-14H,2,7-12H2,1H3. The number of nitrogens with zero attached hydrogens (tertiary/aromatic N) is 2. The molecule has 0 spiro atoms. The lowest BCUT2D eigenvalue weighted by molar-refractivity contribution is 0.0357. The highest BCUT2D eigenvalue weighted by Gasteiger charge is 2.13. The van der Waals surface area contributed by atoms with E-state index in [0.29, 0.717) is 23.6 Å². The monoisotopic (exact) mass is 402 g/mol. The van der Waals surface area contributed by atoms with Gasteiger partial charge in [0, 0.05) is 31.3 Å². The predicted octanol–water partition coefficient (Wildman–Crippen LogP) is 4.21. The number of aromatic nitrogens is 1. The molecule has 0 N–H and O–H groups in total. The van der Waals surface area contributed by atoms with Gasteiger partial charge in [-0.25, -0.2) is 9.37 Å². The first kappa shape index (κ1) is 19.1. The lowest BCUT2D eigenvalue weighted by Crippen LogP contribution is -2.37. The van der Waals surface area contributed by atoms with Crippen molar-refractivity contribution in [2.75, 3.05) is 46.6 Å². The van der Waals surface area contributed by atoms with E-state index in [1.54, 1.807) is 13.2 Å². The zero-order valence-corrected chi connectivity index (χ0v) is 16.6. The van der Waals surface area contributed by atoms with Crippen LogP contribution in [0.4, 0.5) is 4.39 Å². The average Bonchev–Trinajstić information content (AvgIpc) is 3.15. The molecule has 0 atom stereocenters. The molecule has 1 fully saturated rings. The number of morpholine rings is 1. The number of benzene rings is 2. The molecule has 5 nitrogen and oxygen atoms in total. The molecule has 7 heteroatoms. The zero-order chi connectivity index (χ0) is 19.3. The molecule has 0 aliphatic carbocycles. The Labute approximate surface area is 167 Å². The van der Waals surface area contributed by atoms with Gasteiger partial charge in [-0.1, -0.05) is 0 Å². The molecular formula is C21H23FN2O3S. The molecule has 4 rings (SSSR count). The van der Waals surface area contributed by atoms with Gasteiger partial charge in [-0.3, -0.25) is 4.90 Å². The van der Waals surface area contributed by atoms with Crippen molar-refractivity contribution in [3.63, 3.8) is 0 Å². The summed E-state index contributed by atoms with van der Waals surface area (Å²) >= 11 is 1.54. The maximum absolute atomic E-state index is 13.4. The van der Waals surface area contributed by atoms with Crippen molar-refractivity contribution in [2.45, 2.75) is 6.42 Å². The summed E-state index contributed by atoms with van der Waals surface area (Å²) in [6, 6.07) is 10.5. The predicted molar refractivity (Wildman–Crippen MR) is 109 cm³/mol. The van der Waals surface area contributed by atoms with Crippen molar-refractivity contribution in [1.29, 1.82) is 0 Å². The van der Waals surface area contributed by atoms with Crippen LogP contribution in [0, 0.1) is 5.82 Å². The minimum atomic E-state index is -0.275. The number of ether oxygens (including phenoxy) is 3. The van der Waals surface area contributed by atoms with Crippen molar-refractivity contribution < 1.29 is 18.6 Å². The Hall–Kier alpha value is -2.22. The van der Waals surface area contributed by atoms with Gasteiger partial charge in [-0.15, -0.1) is 11.3 Å². The first-order valence-corrected chi connectivity index (χ1v) is 10.2. The average molecular weight is 402 g/mol. The van der Waals surface area contributed by atoms with Gasteiger partial charge in [0.25, 0.3) is 0 Å². The van der Waals surface area contributed by atoms with Crippen molar-refractivity contribution in [1.82, 2.24) is 9.88 Å². The van der Waals surface area contributed by atoms with Crippen LogP contribution >= 0.6 is 11.3 Å². The first-order chi connectivity index (χ1) is 13.7. The molecule has 1 saturated heterocycles. The normalized spacial score (nSPS) is 15.1. The third-order valence-corrected chi connectivity index (χ3v) is 5.83. The van der Waals surface area contributed by atoms with Gasteiger partial charge in [0.05, 0.1) is 37.1 Å². The largest absolute Gasteiger partial charge is 0.493 e. The second-order valence-electron chi connectivity index (χ2n) is 6.65. The second kappa shape index (κ2) is 8.86. The fourth-order valence-electron chi connectivity index (χ4n) is 3.24. The number of rotatable bonds is 7. The van der Waals surface area contributed by atoms with Crippen LogP contribution in [0.15, 0.2) is 36.4 Å². The van der Waals surface area contributed by atoms with Gasteiger partial charge in [0.2, 0.25) is 0 Å². The van der Waals surface area contributed by atoms with Gasteiger partial charge in [0.15, 0.2) is 11.5 Å². The van der Waals surface area contributed by atoms with E-state index >= 15 is 0 Å². The summed E-state index contributed by atoms with van der Waals surface area (Å²) in [5.41, 5.74) is 1.61. The van der Waals surface area contributed by atoms with E-state index in [1.807, 2.05) is 18.2 Å². The smallest absolute Gasteiger partial charge is 0.161 e. The maximum Gasteiger partial charge on any atom is 0.161 e. The molecule has 2 heterocycles. The van der Waals surface area contributed by atoms with Crippen molar-refractivity contribution in [2.24, 2.45) is 0 Å². The second-order valence-corrected chi connectivity index (χ2v) is 7.68. The number of thiazole rings is 1. The van der Waals surface area contributed by atoms with Gasteiger partial charge < -0.3 is 14.2 Å². The summed E-state index contributed by atoms with van der Waals surface area (Å²) in [6.07, 6.45) is 0.938. The molecule has 0 bridgehead atoms. The van der Waals surface area contributed by atoms with Crippen LogP contribution < -0.4 is 9.47 Å². The lowest BCUT2D eigenvalue weighted by Gasteiger charge is -2.26. The number of fused-ring (bicyclic) bond motifs is 1. The Morgan fingerprint density at radius 3 is 2.82 bits per heavy atom. The molecule has 2 aromatic carbocycles. The third kappa shape index (κ3) is 4.43. The van der Waals surface area contributed by atoms with E-state index in [9.17, 15) is 4.39 Å². The molecule has 0 unspecified atom stereocenters. The highest BCUT2D eigenvalue weighted by atomic mass is 32.1. The van der Waals surface area contributed by atoms with E-state index < -0.39 is 0 Å². The Morgan fingerprint density at radius 2 is 2.00 bits per heavy atom. The molecule has 0 amide bonds. The summed E-state index contributed by atoms with van der Waals surface area (Å²) in [7, 11) is 1.63. The molecule has 1 aliphatic rings. The molecule has 0 radical (unpaired) electrons.